The fourth-order valence-electron chi connectivity index (χ4n) is 1.96. The summed E-state index contributed by atoms with van der Waals surface area (Å²) in [4.78, 5) is 11.5. The number of methoxy groups -OCH3 is 1. The summed E-state index contributed by atoms with van der Waals surface area (Å²) in [7, 11) is -3.16. The lowest BCUT2D eigenvalue weighted by Gasteiger charge is -2.12. The smallest absolute Gasteiger partial charge is 0.267 e. The van der Waals surface area contributed by atoms with Gasteiger partial charge in [-0.3, -0.25) is 4.79 Å². The van der Waals surface area contributed by atoms with Crippen molar-refractivity contribution in [2.45, 2.75) is 11.3 Å². The molecule has 2 aromatic carbocycles. The Morgan fingerprint density at radius 3 is 2.50 bits per heavy atom. The second kappa shape index (κ2) is 7.50. The first-order chi connectivity index (χ1) is 11.2. The SMILES string of the molecule is COc1c(F)cc(Br)cc1S(=O)(=O)NC(=O)Cc1ccc(Cl)cc1. The molecule has 24 heavy (non-hydrogen) atoms. The minimum absolute atomic E-state index is 0.171. The van der Waals surface area contributed by atoms with Crippen LogP contribution in [0.15, 0.2) is 45.8 Å². The number of ether oxygens (including phenoxy) is 1. The van der Waals surface area contributed by atoms with E-state index < -0.39 is 32.4 Å². The van der Waals surface area contributed by atoms with E-state index in [1.54, 1.807) is 24.3 Å². The van der Waals surface area contributed by atoms with Gasteiger partial charge in [0.25, 0.3) is 10.0 Å². The summed E-state index contributed by atoms with van der Waals surface area (Å²) in [6, 6.07) is 8.60. The molecule has 0 aromatic heterocycles. The number of amides is 1. The number of halogens is 3. The van der Waals surface area contributed by atoms with Gasteiger partial charge in [-0.25, -0.2) is 17.5 Å². The second-order valence-electron chi connectivity index (χ2n) is 4.75. The first-order valence-electron chi connectivity index (χ1n) is 6.56. The van der Waals surface area contributed by atoms with Gasteiger partial charge in [0.05, 0.1) is 13.5 Å². The molecule has 2 aromatic rings. The van der Waals surface area contributed by atoms with Crippen LogP contribution >= 0.6 is 27.5 Å². The van der Waals surface area contributed by atoms with E-state index in [4.69, 9.17) is 16.3 Å². The first kappa shape index (κ1) is 18.7. The van der Waals surface area contributed by atoms with Crippen LogP contribution in [-0.4, -0.2) is 21.4 Å². The maximum Gasteiger partial charge on any atom is 0.267 e. The molecule has 0 spiro atoms. The lowest BCUT2D eigenvalue weighted by atomic mass is 10.1. The van der Waals surface area contributed by atoms with Crippen LogP contribution in [0, 0.1) is 5.82 Å². The van der Waals surface area contributed by atoms with Crippen LogP contribution in [0.5, 0.6) is 5.75 Å². The number of hydrogen-bond donors (Lipinski definition) is 1. The Morgan fingerprint density at radius 2 is 1.92 bits per heavy atom. The lowest BCUT2D eigenvalue weighted by molar-refractivity contribution is -0.118. The van der Waals surface area contributed by atoms with E-state index in [2.05, 4.69) is 15.9 Å². The summed E-state index contributed by atoms with van der Waals surface area (Å²) in [6.07, 6.45) is -0.171. The molecule has 1 amide bonds. The van der Waals surface area contributed by atoms with Gasteiger partial charge < -0.3 is 4.74 Å². The molecule has 0 aliphatic heterocycles. The van der Waals surface area contributed by atoms with E-state index in [1.165, 1.54) is 0 Å². The predicted molar refractivity (Wildman–Crippen MR) is 91.1 cm³/mol. The molecule has 0 saturated heterocycles. The molecule has 0 aliphatic carbocycles. The number of hydrogen-bond acceptors (Lipinski definition) is 4. The van der Waals surface area contributed by atoms with Crippen molar-refractivity contribution in [1.29, 1.82) is 0 Å². The zero-order valence-corrected chi connectivity index (χ0v) is 15.5. The van der Waals surface area contributed by atoms with Gasteiger partial charge in [0.15, 0.2) is 11.6 Å². The van der Waals surface area contributed by atoms with Crippen LogP contribution in [-0.2, 0) is 21.2 Å². The van der Waals surface area contributed by atoms with Crippen LogP contribution in [0.3, 0.4) is 0 Å². The molecule has 128 valence electrons. The minimum atomic E-state index is -4.30. The molecule has 5 nitrogen and oxygen atoms in total. The third-order valence-corrected chi connectivity index (χ3v) is 5.08. The molecule has 9 heteroatoms. The van der Waals surface area contributed by atoms with E-state index in [1.807, 2.05) is 4.72 Å². The van der Waals surface area contributed by atoms with Crippen LogP contribution in [0.2, 0.25) is 5.02 Å². The highest BCUT2D eigenvalue weighted by Gasteiger charge is 2.25. The van der Waals surface area contributed by atoms with Gasteiger partial charge in [0.2, 0.25) is 5.91 Å². The number of carbonyl (C=O) groups is 1. The Morgan fingerprint density at radius 1 is 1.29 bits per heavy atom. The quantitative estimate of drug-likeness (QED) is 0.781. The summed E-state index contributed by atoms with van der Waals surface area (Å²) >= 11 is 8.76. The molecule has 0 radical (unpaired) electrons. The van der Waals surface area contributed by atoms with Crippen LogP contribution in [0.4, 0.5) is 4.39 Å². The molecule has 0 aliphatic rings. The number of carbonyl (C=O) groups excluding carboxylic acids is 1. The van der Waals surface area contributed by atoms with Crippen molar-refractivity contribution in [3.05, 3.63) is 57.3 Å². The molecule has 0 heterocycles. The summed E-state index contributed by atoms with van der Waals surface area (Å²) in [6.45, 7) is 0. The summed E-state index contributed by atoms with van der Waals surface area (Å²) < 4.78 is 45.4. The minimum Gasteiger partial charge on any atom is -0.492 e. The van der Waals surface area contributed by atoms with Gasteiger partial charge in [-0.05, 0) is 29.8 Å². The first-order valence-corrected chi connectivity index (χ1v) is 9.21. The second-order valence-corrected chi connectivity index (χ2v) is 7.75. The number of benzene rings is 2. The molecule has 0 fully saturated rings. The van der Waals surface area contributed by atoms with Crippen molar-refractivity contribution in [3.8, 4) is 5.75 Å². The topological polar surface area (TPSA) is 72.5 Å². The highest BCUT2D eigenvalue weighted by Crippen LogP contribution is 2.30. The maximum atomic E-state index is 13.8. The third kappa shape index (κ3) is 4.46. The van der Waals surface area contributed by atoms with Gasteiger partial charge >= 0.3 is 0 Å². The van der Waals surface area contributed by atoms with Crippen LogP contribution in [0.1, 0.15) is 5.56 Å². The van der Waals surface area contributed by atoms with Gasteiger partial charge in [-0.1, -0.05) is 39.7 Å². The number of rotatable bonds is 5. The molecular formula is C15H12BrClFNO4S. The largest absolute Gasteiger partial charge is 0.492 e. The van der Waals surface area contributed by atoms with E-state index in [-0.39, 0.29) is 10.9 Å². The molecule has 0 atom stereocenters. The van der Waals surface area contributed by atoms with E-state index in [9.17, 15) is 17.6 Å². The number of nitrogens with one attached hydrogen (secondary N) is 1. The van der Waals surface area contributed by atoms with Gasteiger partial charge in [-0.15, -0.1) is 0 Å². The van der Waals surface area contributed by atoms with Gasteiger partial charge in [-0.2, -0.15) is 0 Å². The Labute approximate surface area is 152 Å². The molecule has 0 saturated carbocycles. The zero-order chi connectivity index (χ0) is 17.9. The highest BCUT2D eigenvalue weighted by molar-refractivity contribution is 9.10. The summed E-state index contributed by atoms with van der Waals surface area (Å²) in [5, 5.41) is 0.501. The van der Waals surface area contributed by atoms with Crippen molar-refractivity contribution in [1.82, 2.24) is 4.72 Å². The molecule has 0 bridgehead atoms. The van der Waals surface area contributed by atoms with Crippen molar-refractivity contribution in [2.24, 2.45) is 0 Å². The summed E-state index contributed by atoms with van der Waals surface area (Å²) in [5.41, 5.74) is 0.583. The Bertz CT molecular complexity index is 872. The highest BCUT2D eigenvalue weighted by atomic mass is 79.9. The average Bonchev–Trinajstić information content (AvgIpc) is 2.48. The zero-order valence-electron chi connectivity index (χ0n) is 12.3. The van der Waals surface area contributed by atoms with Crippen molar-refractivity contribution < 1.29 is 22.3 Å². The molecule has 0 unspecified atom stereocenters. The number of sulfonamides is 1. The fraction of sp³-hybridized carbons (Fsp3) is 0.133. The van der Waals surface area contributed by atoms with Gasteiger partial charge in [0.1, 0.15) is 4.90 Å². The normalized spacial score (nSPS) is 11.2. The maximum absolute atomic E-state index is 13.8. The van der Waals surface area contributed by atoms with Crippen molar-refractivity contribution in [3.63, 3.8) is 0 Å². The van der Waals surface area contributed by atoms with Crippen LogP contribution in [0.25, 0.3) is 0 Å². The van der Waals surface area contributed by atoms with E-state index >= 15 is 0 Å². The Kier molecular flexibility index (Phi) is 5.84. The molecular weight excluding hydrogens is 425 g/mol. The van der Waals surface area contributed by atoms with Crippen LogP contribution < -0.4 is 9.46 Å². The average molecular weight is 437 g/mol. The Balaban J connectivity index is 2.25. The van der Waals surface area contributed by atoms with Crippen molar-refractivity contribution >= 4 is 43.5 Å². The summed E-state index contributed by atoms with van der Waals surface area (Å²) in [5.74, 6) is -2.10. The lowest BCUT2D eigenvalue weighted by Crippen LogP contribution is -2.32. The molecule has 1 N–H and O–H groups in total. The standard InChI is InChI=1S/C15H12BrClFNO4S/c1-23-15-12(18)7-10(16)8-13(15)24(21,22)19-14(20)6-9-2-4-11(17)5-3-9/h2-5,7-8H,6H2,1H3,(H,19,20). The predicted octanol–water partition coefficient (Wildman–Crippen LogP) is 3.30. The van der Waals surface area contributed by atoms with Gasteiger partial charge in [0, 0.05) is 9.50 Å². The van der Waals surface area contributed by atoms with E-state index in [0.717, 1.165) is 19.2 Å². The monoisotopic (exact) mass is 435 g/mol. The Hall–Kier alpha value is -1.64. The van der Waals surface area contributed by atoms with Crippen molar-refractivity contribution in [2.75, 3.05) is 7.11 Å². The van der Waals surface area contributed by atoms with E-state index in [0.29, 0.717) is 10.6 Å². The fourth-order valence-corrected chi connectivity index (χ4v) is 3.86. The molecule has 2 rings (SSSR count). The third-order valence-electron chi connectivity index (χ3n) is 2.99.